The van der Waals surface area contributed by atoms with Crippen molar-refractivity contribution < 1.29 is 0 Å². The first-order valence-corrected chi connectivity index (χ1v) is 9.29. The number of benzene rings is 4. The van der Waals surface area contributed by atoms with Crippen LogP contribution in [-0.4, -0.2) is 9.97 Å². The summed E-state index contributed by atoms with van der Waals surface area (Å²) in [4.78, 5) is 6.96. The topological polar surface area (TPSA) is 56.3 Å². The van der Waals surface area contributed by atoms with Gasteiger partial charge in [0.25, 0.3) is 0 Å². The van der Waals surface area contributed by atoms with Gasteiger partial charge < -0.3 is 9.97 Å². The standard InChI is InChI=1S/C24H16N4/c1-3-11-19-15(7-1)17-9-5-13-21(23(17)25-19)27-28-22-14-6-10-18-16-8-2-4-12-20(16)26-24(18)22/h1-14,25-26H. The predicted molar refractivity (Wildman–Crippen MR) is 116 cm³/mol. The van der Waals surface area contributed by atoms with Crippen molar-refractivity contribution in [1.82, 2.24) is 9.97 Å². The molecule has 132 valence electrons. The Morgan fingerprint density at radius 1 is 0.429 bits per heavy atom. The number of nitrogens with zero attached hydrogens (tertiary/aromatic N) is 2. The van der Waals surface area contributed by atoms with E-state index in [9.17, 15) is 0 Å². The average molecular weight is 360 g/mol. The van der Waals surface area contributed by atoms with Crippen LogP contribution in [0.3, 0.4) is 0 Å². The van der Waals surface area contributed by atoms with Crippen molar-refractivity contribution in [2.75, 3.05) is 0 Å². The van der Waals surface area contributed by atoms with E-state index in [1.807, 2.05) is 36.4 Å². The molecular weight excluding hydrogens is 344 g/mol. The van der Waals surface area contributed by atoms with Crippen LogP contribution in [0.1, 0.15) is 0 Å². The normalized spacial score (nSPS) is 12.1. The Balaban J connectivity index is 1.53. The average Bonchev–Trinajstić information content (AvgIpc) is 3.31. The van der Waals surface area contributed by atoms with Crippen LogP contribution in [0.5, 0.6) is 0 Å². The lowest BCUT2D eigenvalue weighted by Gasteiger charge is -1.98. The molecular formula is C24H16N4. The Hall–Kier alpha value is -3.92. The third-order valence-electron chi connectivity index (χ3n) is 5.30. The Labute approximate surface area is 160 Å². The van der Waals surface area contributed by atoms with E-state index in [0.717, 1.165) is 44.2 Å². The van der Waals surface area contributed by atoms with Crippen LogP contribution in [0.2, 0.25) is 0 Å². The smallest absolute Gasteiger partial charge is 0.110 e. The zero-order valence-corrected chi connectivity index (χ0v) is 15.0. The van der Waals surface area contributed by atoms with Crippen molar-refractivity contribution in [3.8, 4) is 0 Å². The van der Waals surface area contributed by atoms with Crippen LogP contribution in [0, 0.1) is 0 Å². The molecule has 4 aromatic carbocycles. The van der Waals surface area contributed by atoms with Crippen LogP contribution in [0.25, 0.3) is 43.6 Å². The number of aromatic amines is 2. The third-order valence-corrected chi connectivity index (χ3v) is 5.30. The van der Waals surface area contributed by atoms with Crippen molar-refractivity contribution >= 4 is 55.0 Å². The number of aromatic nitrogens is 2. The highest BCUT2D eigenvalue weighted by atomic mass is 15.1. The fourth-order valence-corrected chi connectivity index (χ4v) is 3.99. The lowest BCUT2D eigenvalue weighted by atomic mass is 10.1. The molecule has 0 unspecified atom stereocenters. The lowest BCUT2D eigenvalue weighted by Crippen LogP contribution is -1.72. The Bertz CT molecular complexity index is 1400. The first-order valence-electron chi connectivity index (χ1n) is 9.29. The second kappa shape index (κ2) is 5.79. The molecule has 0 aliphatic heterocycles. The number of rotatable bonds is 2. The molecule has 2 N–H and O–H groups in total. The van der Waals surface area contributed by atoms with Gasteiger partial charge in [0.2, 0.25) is 0 Å². The molecule has 0 aliphatic rings. The molecule has 28 heavy (non-hydrogen) atoms. The van der Waals surface area contributed by atoms with E-state index < -0.39 is 0 Å². The minimum absolute atomic E-state index is 0.835. The van der Waals surface area contributed by atoms with Gasteiger partial charge >= 0.3 is 0 Å². The Kier molecular flexibility index (Phi) is 3.14. The molecule has 4 heteroatoms. The predicted octanol–water partition coefficient (Wildman–Crippen LogP) is 7.37. The van der Waals surface area contributed by atoms with E-state index in [2.05, 4.69) is 68.7 Å². The van der Waals surface area contributed by atoms with E-state index in [-0.39, 0.29) is 0 Å². The van der Waals surface area contributed by atoms with Crippen LogP contribution in [-0.2, 0) is 0 Å². The number of hydrogen-bond acceptors (Lipinski definition) is 2. The molecule has 0 saturated carbocycles. The molecule has 0 saturated heterocycles. The van der Waals surface area contributed by atoms with Crippen LogP contribution >= 0.6 is 0 Å². The van der Waals surface area contributed by atoms with E-state index in [1.165, 1.54) is 10.8 Å². The van der Waals surface area contributed by atoms with Gasteiger partial charge in [0.15, 0.2) is 0 Å². The van der Waals surface area contributed by atoms with E-state index in [0.29, 0.717) is 0 Å². The van der Waals surface area contributed by atoms with Gasteiger partial charge in [0, 0.05) is 32.6 Å². The molecule has 0 radical (unpaired) electrons. The van der Waals surface area contributed by atoms with Gasteiger partial charge in [-0.1, -0.05) is 60.7 Å². The van der Waals surface area contributed by atoms with Crippen molar-refractivity contribution in [2.45, 2.75) is 0 Å². The highest BCUT2D eigenvalue weighted by Crippen LogP contribution is 2.35. The van der Waals surface area contributed by atoms with Gasteiger partial charge in [0.05, 0.1) is 11.0 Å². The molecule has 4 nitrogen and oxygen atoms in total. The van der Waals surface area contributed by atoms with Crippen molar-refractivity contribution in [3.63, 3.8) is 0 Å². The van der Waals surface area contributed by atoms with E-state index in [1.54, 1.807) is 0 Å². The zero-order chi connectivity index (χ0) is 18.5. The van der Waals surface area contributed by atoms with Crippen LogP contribution < -0.4 is 0 Å². The maximum Gasteiger partial charge on any atom is 0.110 e. The van der Waals surface area contributed by atoms with Crippen molar-refractivity contribution in [3.05, 3.63) is 84.9 Å². The largest absolute Gasteiger partial charge is 0.353 e. The highest BCUT2D eigenvalue weighted by Gasteiger charge is 2.09. The van der Waals surface area contributed by atoms with Gasteiger partial charge in [-0.15, -0.1) is 10.2 Å². The molecule has 6 aromatic rings. The zero-order valence-electron chi connectivity index (χ0n) is 15.0. The number of fused-ring (bicyclic) bond motifs is 6. The summed E-state index contributed by atoms with van der Waals surface area (Å²) < 4.78 is 0. The maximum absolute atomic E-state index is 4.59. The number of hydrogen-bond donors (Lipinski definition) is 2. The first-order chi connectivity index (χ1) is 13.9. The van der Waals surface area contributed by atoms with Crippen LogP contribution in [0.15, 0.2) is 95.2 Å². The quantitative estimate of drug-likeness (QED) is 0.303. The molecule has 0 amide bonds. The summed E-state index contributed by atoms with van der Waals surface area (Å²) in [6, 6.07) is 28.9. The molecule has 2 aromatic heterocycles. The number of H-pyrrole nitrogens is 2. The number of nitrogens with one attached hydrogen (secondary N) is 2. The molecule has 2 heterocycles. The molecule has 0 aliphatic carbocycles. The Morgan fingerprint density at radius 3 is 1.36 bits per heavy atom. The first kappa shape index (κ1) is 15.2. The molecule has 0 bridgehead atoms. The van der Waals surface area contributed by atoms with Gasteiger partial charge in [-0.3, -0.25) is 0 Å². The minimum Gasteiger partial charge on any atom is -0.353 e. The molecule has 6 rings (SSSR count). The minimum atomic E-state index is 0.835. The van der Waals surface area contributed by atoms with Crippen LogP contribution in [0.4, 0.5) is 11.4 Å². The van der Waals surface area contributed by atoms with Gasteiger partial charge in [-0.2, -0.15) is 0 Å². The highest BCUT2D eigenvalue weighted by molar-refractivity contribution is 6.11. The lowest BCUT2D eigenvalue weighted by molar-refractivity contribution is 1.24. The SMILES string of the molecule is c1ccc2c(c1)[nH]c1c(N=Nc3cccc4c3[nH]c3ccccc34)cccc12. The summed E-state index contributed by atoms with van der Waals surface area (Å²) in [6.07, 6.45) is 0. The van der Waals surface area contributed by atoms with Gasteiger partial charge in [0.1, 0.15) is 11.4 Å². The molecule has 0 atom stereocenters. The van der Waals surface area contributed by atoms with Crippen molar-refractivity contribution in [1.29, 1.82) is 0 Å². The maximum atomic E-state index is 4.59. The van der Waals surface area contributed by atoms with E-state index in [4.69, 9.17) is 0 Å². The van der Waals surface area contributed by atoms with Crippen molar-refractivity contribution in [2.24, 2.45) is 10.2 Å². The van der Waals surface area contributed by atoms with Gasteiger partial charge in [-0.25, -0.2) is 0 Å². The number of para-hydroxylation sites is 4. The Morgan fingerprint density at radius 2 is 0.857 bits per heavy atom. The molecule has 0 spiro atoms. The fraction of sp³-hybridized carbons (Fsp3) is 0. The summed E-state index contributed by atoms with van der Waals surface area (Å²) in [7, 11) is 0. The van der Waals surface area contributed by atoms with E-state index >= 15 is 0 Å². The summed E-state index contributed by atoms with van der Waals surface area (Å²) in [5, 5.41) is 13.9. The summed E-state index contributed by atoms with van der Waals surface area (Å²) in [5.41, 5.74) is 5.91. The van der Waals surface area contributed by atoms with Gasteiger partial charge in [-0.05, 0) is 24.3 Å². The summed E-state index contributed by atoms with van der Waals surface area (Å²) in [5.74, 6) is 0. The second-order valence-electron chi connectivity index (χ2n) is 6.94. The number of azo groups is 1. The third kappa shape index (κ3) is 2.18. The summed E-state index contributed by atoms with van der Waals surface area (Å²) >= 11 is 0. The second-order valence-corrected chi connectivity index (χ2v) is 6.94. The fourth-order valence-electron chi connectivity index (χ4n) is 3.99. The summed E-state index contributed by atoms with van der Waals surface area (Å²) in [6.45, 7) is 0. The molecule has 0 fully saturated rings. The monoisotopic (exact) mass is 360 g/mol.